The quantitative estimate of drug-likeness (QED) is 0.472. The van der Waals surface area contributed by atoms with Gasteiger partial charge in [-0.1, -0.05) is 6.92 Å². The summed E-state index contributed by atoms with van der Waals surface area (Å²) in [4.78, 5) is 10.5. The van der Waals surface area contributed by atoms with Gasteiger partial charge in [0, 0.05) is 12.6 Å². The highest BCUT2D eigenvalue weighted by atomic mass is 32.1. The van der Waals surface area contributed by atoms with Crippen LogP contribution < -0.4 is 10.6 Å². The number of aromatic nitrogens is 2. The molecule has 20 heavy (non-hydrogen) atoms. The lowest BCUT2D eigenvalue weighted by Gasteiger charge is -2.15. The third kappa shape index (κ3) is 4.16. The van der Waals surface area contributed by atoms with E-state index >= 15 is 0 Å². The molecule has 0 aliphatic carbocycles. The fraction of sp³-hybridized carbons (Fsp3) is 0.667. The van der Waals surface area contributed by atoms with Crippen molar-refractivity contribution in [2.75, 3.05) is 6.54 Å². The molecular formula is C12H21N5O2S. The molecule has 0 bridgehead atoms. The second-order valence-corrected chi connectivity index (χ2v) is 5.12. The minimum Gasteiger partial charge on any atom is -0.361 e. The van der Waals surface area contributed by atoms with Crippen LogP contribution in [-0.2, 0) is 6.54 Å². The first-order valence-electron chi connectivity index (χ1n) is 6.59. The van der Waals surface area contributed by atoms with Gasteiger partial charge in [-0.25, -0.2) is 0 Å². The van der Waals surface area contributed by atoms with Crippen molar-refractivity contribution in [2.45, 2.75) is 46.7 Å². The molecule has 0 aliphatic heterocycles. The first kappa shape index (κ1) is 16.4. The van der Waals surface area contributed by atoms with E-state index in [1.807, 2.05) is 0 Å². The van der Waals surface area contributed by atoms with Gasteiger partial charge in [-0.05, 0) is 39.4 Å². The molecule has 0 saturated carbocycles. The van der Waals surface area contributed by atoms with E-state index in [0.29, 0.717) is 35.6 Å². The van der Waals surface area contributed by atoms with Crippen LogP contribution in [0.1, 0.15) is 31.7 Å². The average Bonchev–Trinajstić information content (AvgIpc) is 2.64. The normalized spacial score (nSPS) is 12.0. The molecule has 0 spiro atoms. The molecule has 7 nitrogen and oxygen atoms in total. The van der Waals surface area contributed by atoms with Crippen LogP contribution >= 0.6 is 12.2 Å². The van der Waals surface area contributed by atoms with E-state index in [4.69, 9.17) is 12.2 Å². The molecule has 1 aromatic heterocycles. The standard InChI is InChI=1S/C12H21N5O2S/c1-5-8(2)14-12(20)13-6-7-16-10(4)11(17(18)19)9(3)15-16/h8H,5-7H2,1-4H3,(H2,13,14,20)/t8-/m1/s1. The minimum atomic E-state index is -0.392. The summed E-state index contributed by atoms with van der Waals surface area (Å²) in [5.74, 6) is 0. The Morgan fingerprint density at radius 1 is 1.55 bits per heavy atom. The molecule has 2 N–H and O–H groups in total. The molecular weight excluding hydrogens is 278 g/mol. The monoisotopic (exact) mass is 299 g/mol. The fourth-order valence-electron chi connectivity index (χ4n) is 1.82. The lowest BCUT2D eigenvalue weighted by molar-refractivity contribution is -0.386. The molecule has 0 saturated heterocycles. The highest BCUT2D eigenvalue weighted by molar-refractivity contribution is 7.80. The first-order valence-corrected chi connectivity index (χ1v) is 7.00. The predicted molar refractivity (Wildman–Crippen MR) is 81.8 cm³/mol. The van der Waals surface area contributed by atoms with Crippen LogP contribution in [0.4, 0.5) is 5.69 Å². The SMILES string of the molecule is CC[C@@H](C)NC(=S)NCCn1nc(C)c([N+](=O)[O-])c1C. The maximum Gasteiger partial charge on any atom is 0.312 e. The van der Waals surface area contributed by atoms with Crippen LogP contribution in [0.15, 0.2) is 0 Å². The minimum absolute atomic E-state index is 0.0882. The zero-order chi connectivity index (χ0) is 15.3. The zero-order valence-electron chi connectivity index (χ0n) is 12.3. The first-order chi connectivity index (χ1) is 9.36. The summed E-state index contributed by atoms with van der Waals surface area (Å²) in [6.45, 7) is 8.58. The lowest BCUT2D eigenvalue weighted by atomic mass is 10.3. The van der Waals surface area contributed by atoms with E-state index in [-0.39, 0.29) is 5.69 Å². The smallest absolute Gasteiger partial charge is 0.312 e. The second kappa shape index (κ2) is 7.18. The third-order valence-corrected chi connectivity index (χ3v) is 3.39. The lowest BCUT2D eigenvalue weighted by Crippen LogP contribution is -2.41. The van der Waals surface area contributed by atoms with Gasteiger partial charge in [-0.3, -0.25) is 14.8 Å². The molecule has 0 fully saturated rings. The van der Waals surface area contributed by atoms with Gasteiger partial charge in [-0.2, -0.15) is 5.10 Å². The number of aryl methyl sites for hydroxylation is 1. The molecule has 1 aromatic rings. The Labute approximate surface area is 123 Å². The van der Waals surface area contributed by atoms with E-state index in [1.54, 1.807) is 18.5 Å². The van der Waals surface area contributed by atoms with Crippen molar-refractivity contribution in [3.05, 3.63) is 21.5 Å². The summed E-state index contributed by atoms with van der Waals surface area (Å²) in [6.07, 6.45) is 0.992. The van der Waals surface area contributed by atoms with Crippen LogP contribution in [0.5, 0.6) is 0 Å². The second-order valence-electron chi connectivity index (χ2n) is 4.71. The molecule has 1 heterocycles. The summed E-state index contributed by atoms with van der Waals surface area (Å²) < 4.78 is 1.63. The van der Waals surface area contributed by atoms with E-state index in [0.717, 1.165) is 6.42 Å². The van der Waals surface area contributed by atoms with E-state index in [2.05, 4.69) is 29.6 Å². The van der Waals surface area contributed by atoms with Gasteiger partial charge < -0.3 is 10.6 Å². The van der Waals surface area contributed by atoms with Gasteiger partial charge in [0.15, 0.2) is 5.11 Å². The van der Waals surface area contributed by atoms with Crippen molar-refractivity contribution in [3.63, 3.8) is 0 Å². The van der Waals surface area contributed by atoms with Crippen molar-refractivity contribution < 1.29 is 4.92 Å². The van der Waals surface area contributed by atoms with Crippen LogP contribution in [0.2, 0.25) is 0 Å². The summed E-state index contributed by atoms with van der Waals surface area (Å²) in [6, 6.07) is 0.324. The summed E-state index contributed by atoms with van der Waals surface area (Å²) in [7, 11) is 0. The van der Waals surface area contributed by atoms with Crippen molar-refractivity contribution >= 4 is 23.0 Å². The van der Waals surface area contributed by atoms with Gasteiger partial charge in [0.2, 0.25) is 0 Å². The van der Waals surface area contributed by atoms with Crippen LogP contribution in [0, 0.1) is 24.0 Å². The molecule has 0 amide bonds. The van der Waals surface area contributed by atoms with Crippen LogP contribution in [-0.4, -0.2) is 32.4 Å². The number of nitrogens with zero attached hydrogens (tertiary/aromatic N) is 3. The number of hydrogen-bond acceptors (Lipinski definition) is 4. The van der Waals surface area contributed by atoms with Gasteiger partial charge in [0.05, 0.1) is 11.5 Å². The maximum absolute atomic E-state index is 10.9. The molecule has 0 aromatic carbocycles. The number of thiocarbonyl (C=S) groups is 1. The molecule has 1 atom stereocenters. The van der Waals surface area contributed by atoms with Crippen molar-refractivity contribution in [1.82, 2.24) is 20.4 Å². The summed E-state index contributed by atoms with van der Waals surface area (Å²) in [5.41, 5.74) is 1.09. The molecule has 0 radical (unpaired) electrons. The maximum atomic E-state index is 10.9. The van der Waals surface area contributed by atoms with Gasteiger partial charge in [0.25, 0.3) is 0 Å². The third-order valence-electron chi connectivity index (χ3n) is 3.12. The van der Waals surface area contributed by atoms with Gasteiger partial charge in [-0.15, -0.1) is 0 Å². The highest BCUT2D eigenvalue weighted by Crippen LogP contribution is 2.21. The molecule has 1 rings (SSSR count). The average molecular weight is 299 g/mol. The Hall–Kier alpha value is -1.70. The van der Waals surface area contributed by atoms with E-state index in [9.17, 15) is 10.1 Å². The number of nitro groups is 1. The van der Waals surface area contributed by atoms with Gasteiger partial charge in [0.1, 0.15) is 11.4 Å². The largest absolute Gasteiger partial charge is 0.361 e. The van der Waals surface area contributed by atoms with Crippen LogP contribution in [0.25, 0.3) is 0 Å². The number of hydrogen-bond donors (Lipinski definition) is 2. The van der Waals surface area contributed by atoms with Crippen molar-refractivity contribution in [2.24, 2.45) is 0 Å². The molecule has 8 heteroatoms. The topological polar surface area (TPSA) is 85.0 Å². The summed E-state index contributed by atoms with van der Waals surface area (Å²) >= 11 is 5.16. The Balaban J connectivity index is 2.53. The Morgan fingerprint density at radius 2 is 2.20 bits per heavy atom. The van der Waals surface area contributed by atoms with Crippen LogP contribution in [0.3, 0.4) is 0 Å². The molecule has 0 aliphatic rings. The summed E-state index contributed by atoms with van der Waals surface area (Å²) in [5, 5.41) is 21.9. The van der Waals surface area contributed by atoms with E-state index in [1.165, 1.54) is 0 Å². The van der Waals surface area contributed by atoms with Crippen molar-refractivity contribution in [3.8, 4) is 0 Å². The Kier molecular flexibility index (Phi) is 5.87. The van der Waals surface area contributed by atoms with Crippen molar-refractivity contribution in [1.29, 1.82) is 0 Å². The Morgan fingerprint density at radius 3 is 2.70 bits per heavy atom. The number of nitrogens with one attached hydrogen (secondary N) is 2. The molecule has 112 valence electrons. The Bertz CT molecular complexity index is 500. The zero-order valence-corrected chi connectivity index (χ0v) is 13.1. The van der Waals surface area contributed by atoms with E-state index < -0.39 is 4.92 Å². The fourth-order valence-corrected chi connectivity index (χ4v) is 2.12. The predicted octanol–water partition coefficient (Wildman–Crippen LogP) is 1.67. The molecule has 0 unspecified atom stereocenters. The number of rotatable bonds is 6. The highest BCUT2D eigenvalue weighted by Gasteiger charge is 2.21. The van der Waals surface area contributed by atoms with Gasteiger partial charge >= 0.3 is 5.69 Å².